The number of nitrogens with one attached hydrogen (secondary N) is 1. The van der Waals surface area contributed by atoms with Gasteiger partial charge in [0.1, 0.15) is 0 Å². The monoisotopic (exact) mass is 414 g/mol. The molecule has 0 saturated heterocycles. The molecule has 0 aromatic heterocycles. The molecule has 0 fully saturated rings. The summed E-state index contributed by atoms with van der Waals surface area (Å²) in [6.45, 7) is 2.18. The van der Waals surface area contributed by atoms with Gasteiger partial charge in [-0.1, -0.05) is 84.4 Å². The van der Waals surface area contributed by atoms with Crippen LogP contribution in [0.1, 0.15) is 40.6 Å². The van der Waals surface area contributed by atoms with E-state index in [0.717, 1.165) is 17.7 Å². The van der Waals surface area contributed by atoms with Gasteiger partial charge in [0.25, 0.3) is 0 Å². The van der Waals surface area contributed by atoms with E-state index in [4.69, 9.17) is 4.99 Å². The minimum Gasteiger partial charge on any atom is -0.378 e. The van der Waals surface area contributed by atoms with Crippen LogP contribution in [0.2, 0.25) is 0 Å². The van der Waals surface area contributed by atoms with Crippen LogP contribution >= 0.6 is 0 Å². The maximum absolute atomic E-state index is 4.77. The van der Waals surface area contributed by atoms with Crippen molar-refractivity contribution in [3.63, 3.8) is 0 Å². The fourth-order valence-electron chi connectivity index (χ4n) is 5.32. The first-order valence-corrected chi connectivity index (χ1v) is 11.4. The van der Waals surface area contributed by atoms with E-state index in [1.807, 2.05) is 6.21 Å². The zero-order chi connectivity index (χ0) is 21.5. The van der Waals surface area contributed by atoms with Crippen molar-refractivity contribution in [3.8, 4) is 0 Å². The van der Waals surface area contributed by atoms with Crippen molar-refractivity contribution < 1.29 is 0 Å². The lowest BCUT2D eigenvalue weighted by Crippen LogP contribution is -2.29. The molecule has 4 aromatic rings. The van der Waals surface area contributed by atoms with E-state index in [1.54, 1.807) is 0 Å². The van der Waals surface area contributed by atoms with Crippen molar-refractivity contribution in [2.24, 2.45) is 10.9 Å². The Labute approximate surface area is 189 Å². The van der Waals surface area contributed by atoms with Crippen molar-refractivity contribution in [2.45, 2.75) is 25.3 Å². The van der Waals surface area contributed by atoms with E-state index in [2.05, 4.69) is 109 Å². The molecule has 0 saturated carbocycles. The Bertz CT molecular complexity index is 1340. The van der Waals surface area contributed by atoms with E-state index in [0.29, 0.717) is 17.9 Å². The molecule has 2 nitrogen and oxygen atoms in total. The molecule has 0 amide bonds. The van der Waals surface area contributed by atoms with Crippen molar-refractivity contribution in [3.05, 3.63) is 119 Å². The fourth-order valence-corrected chi connectivity index (χ4v) is 5.32. The van der Waals surface area contributed by atoms with Gasteiger partial charge in [0.05, 0.1) is 11.7 Å². The smallest absolute Gasteiger partial charge is 0.0630 e. The second kappa shape index (κ2) is 7.80. The van der Waals surface area contributed by atoms with Gasteiger partial charge in [0.2, 0.25) is 0 Å². The summed E-state index contributed by atoms with van der Waals surface area (Å²) in [7, 11) is 0. The lowest BCUT2D eigenvalue weighted by molar-refractivity contribution is 0.425. The number of benzene rings is 4. The predicted molar refractivity (Wildman–Crippen MR) is 135 cm³/mol. The van der Waals surface area contributed by atoms with Crippen molar-refractivity contribution >= 4 is 28.4 Å². The van der Waals surface area contributed by atoms with Crippen molar-refractivity contribution in [1.82, 2.24) is 0 Å². The van der Waals surface area contributed by atoms with E-state index >= 15 is 0 Å². The highest BCUT2D eigenvalue weighted by Crippen LogP contribution is 2.50. The first-order valence-electron chi connectivity index (χ1n) is 11.4. The average Bonchev–Trinajstić information content (AvgIpc) is 3.33. The van der Waals surface area contributed by atoms with Crippen LogP contribution in [-0.4, -0.2) is 6.21 Å². The van der Waals surface area contributed by atoms with E-state index < -0.39 is 0 Å². The van der Waals surface area contributed by atoms with Gasteiger partial charge >= 0.3 is 0 Å². The summed E-state index contributed by atoms with van der Waals surface area (Å²) in [5.41, 5.74) is 7.50. The van der Waals surface area contributed by atoms with Gasteiger partial charge < -0.3 is 5.32 Å². The topological polar surface area (TPSA) is 24.4 Å². The molecular formula is C30H26N2. The molecule has 0 spiro atoms. The number of aliphatic imine (C=N–C) groups is 1. The van der Waals surface area contributed by atoms with Crippen molar-refractivity contribution in [2.75, 3.05) is 5.32 Å². The molecule has 156 valence electrons. The second-order valence-electron chi connectivity index (χ2n) is 8.98. The Morgan fingerprint density at radius 2 is 1.75 bits per heavy atom. The Kier molecular flexibility index (Phi) is 4.65. The maximum Gasteiger partial charge on any atom is 0.0630 e. The van der Waals surface area contributed by atoms with Gasteiger partial charge in [0, 0.05) is 23.4 Å². The Balaban J connectivity index is 1.27. The summed E-state index contributed by atoms with van der Waals surface area (Å²) in [5, 5.41) is 6.30. The number of hydrogen-bond donors (Lipinski definition) is 1. The largest absolute Gasteiger partial charge is 0.378 e. The Hall–Kier alpha value is -3.65. The van der Waals surface area contributed by atoms with Gasteiger partial charge in [0.15, 0.2) is 0 Å². The second-order valence-corrected chi connectivity index (χ2v) is 8.98. The third-order valence-corrected chi connectivity index (χ3v) is 6.95. The van der Waals surface area contributed by atoms with Crippen LogP contribution in [-0.2, 0) is 0 Å². The molecule has 3 atom stereocenters. The number of nitrogens with zero attached hydrogens (tertiary/aromatic N) is 1. The molecule has 1 N–H and O–H groups in total. The molecule has 1 aliphatic carbocycles. The van der Waals surface area contributed by atoms with Crippen LogP contribution in [0.5, 0.6) is 0 Å². The SMILES string of the molecule is Cc1ccc2c(c1)[C@@H]1C=CC[C@H]1[C@H](c1ccc(N=Cc3cccc4ccccc34)cc1)N2. The van der Waals surface area contributed by atoms with Crippen LogP contribution < -0.4 is 5.32 Å². The number of fused-ring (bicyclic) bond motifs is 4. The summed E-state index contributed by atoms with van der Waals surface area (Å²) < 4.78 is 0. The predicted octanol–water partition coefficient (Wildman–Crippen LogP) is 7.73. The molecule has 0 radical (unpaired) electrons. The third kappa shape index (κ3) is 3.33. The lowest BCUT2D eigenvalue weighted by atomic mass is 9.76. The maximum atomic E-state index is 4.77. The fraction of sp³-hybridized carbons (Fsp3) is 0.167. The molecule has 6 rings (SSSR count). The normalized spacial score (nSPS) is 21.5. The first kappa shape index (κ1) is 19.1. The average molecular weight is 415 g/mol. The zero-order valence-corrected chi connectivity index (χ0v) is 18.2. The van der Waals surface area contributed by atoms with Crippen LogP contribution in [0.4, 0.5) is 11.4 Å². The number of rotatable bonds is 3. The zero-order valence-electron chi connectivity index (χ0n) is 18.2. The van der Waals surface area contributed by atoms with Crippen LogP contribution in [0.3, 0.4) is 0 Å². The van der Waals surface area contributed by atoms with Crippen LogP contribution in [0.15, 0.2) is 102 Å². The van der Waals surface area contributed by atoms with E-state index in [-0.39, 0.29) is 0 Å². The van der Waals surface area contributed by atoms with Gasteiger partial charge in [-0.2, -0.15) is 0 Å². The van der Waals surface area contributed by atoms with Crippen molar-refractivity contribution in [1.29, 1.82) is 0 Å². The van der Waals surface area contributed by atoms with Gasteiger partial charge in [-0.05, 0) is 59.4 Å². The summed E-state index contributed by atoms with van der Waals surface area (Å²) in [5.74, 6) is 1.06. The number of aryl methyl sites for hydroxylation is 1. The quantitative estimate of drug-likeness (QED) is 0.269. The molecule has 0 bridgehead atoms. The highest BCUT2D eigenvalue weighted by molar-refractivity contribution is 6.00. The van der Waals surface area contributed by atoms with Crippen LogP contribution in [0.25, 0.3) is 10.8 Å². The molecule has 32 heavy (non-hydrogen) atoms. The van der Waals surface area contributed by atoms with E-state index in [9.17, 15) is 0 Å². The van der Waals surface area contributed by atoms with Gasteiger partial charge in [-0.3, -0.25) is 4.99 Å². The highest BCUT2D eigenvalue weighted by atomic mass is 15.0. The molecular weight excluding hydrogens is 388 g/mol. The lowest BCUT2D eigenvalue weighted by Gasteiger charge is -2.37. The summed E-state index contributed by atoms with van der Waals surface area (Å²) in [6.07, 6.45) is 7.85. The summed E-state index contributed by atoms with van der Waals surface area (Å²) >= 11 is 0. The van der Waals surface area contributed by atoms with Gasteiger partial charge in [-0.15, -0.1) is 0 Å². The Morgan fingerprint density at radius 1 is 0.906 bits per heavy atom. The summed E-state index contributed by atoms with van der Waals surface area (Å²) in [4.78, 5) is 4.77. The molecule has 1 aliphatic heterocycles. The number of anilines is 1. The molecule has 4 aromatic carbocycles. The number of allylic oxidation sites excluding steroid dienone is 2. The molecule has 2 aliphatic rings. The highest BCUT2D eigenvalue weighted by Gasteiger charge is 2.37. The summed E-state index contributed by atoms with van der Waals surface area (Å²) in [6, 6.07) is 30.7. The first-order chi connectivity index (χ1) is 15.8. The third-order valence-electron chi connectivity index (χ3n) is 6.95. The minimum absolute atomic E-state index is 0.321. The van der Waals surface area contributed by atoms with E-state index in [1.165, 1.54) is 33.2 Å². The molecule has 2 heteroatoms. The van der Waals surface area contributed by atoms with Gasteiger partial charge in [-0.25, -0.2) is 0 Å². The standard InChI is InChI=1S/C30H26N2/c1-20-12-17-29-28(18-20)26-10-5-11-27(26)30(32-29)22-13-15-24(16-14-22)31-19-23-8-4-7-21-6-2-3-9-25(21)23/h2-10,12-19,26-27,30,32H,11H2,1H3/t26-,27-,30+/m1/s1. The number of hydrogen-bond acceptors (Lipinski definition) is 2. The molecule has 0 unspecified atom stereocenters. The van der Waals surface area contributed by atoms with Crippen LogP contribution in [0, 0.1) is 12.8 Å². The molecule has 1 heterocycles. The Morgan fingerprint density at radius 3 is 2.66 bits per heavy atom. The minimum atomic E-state index is 0.321.